The van der Waals surface area contributed by atoms with E-state index in [-0.39, 0.29) is 44.2 Å². The van der Waals surface area contributed by atoms with E-state index >= 15 is 0 Å². The summed E-state index contributed by atoms with van der Waals surface area (Å²) in [7, 11) is 0. The van der Waals surface area contributed by atoms with E-state index in [1.165, 1.54) is 4.90 Å². The second kappa shape index (κ2) is 11.0. The van der Waals surface area contributed by atoms with Crippen molar-refractivity contribution in [3.05, 3.63) is 40.5 Å². The summed E-state index contributed by atoms with van der Waals surface area (Å²) in [5.41, 5.74) is 3.32. The van der Waals surface area contributed by atoms with E-state index in [4.69, 9.17) is 0 Å². The molecule has 39 heavy (non-hydrogen) atoms. The Labute approximate surface area is 233 Å². The maximum atomic E-state index is 14.4. The first kappa shape index (κ1) is 29.1. The highest BCUT2D eigenvalue weighted by Gasteiger charge is 2.53. The number of hydrogen-bond donors (Lipinski definition) is 3. The fraction of sp³-hybridized carbons (Fsp3) is 0.586. The number of hydrogen-bond acceptors (Lipinski definition) is 6. The number of benzene rings is 1. The summed E-state index contributed by atoms with van der Waals surface area (Å²) in [6, 6.07) is 4.24. The molecule has 1 aromatic heterocycles. The molecule has 212 valence electrons. The van der Waals surface area contributed by atoms with E-state index in [1.807, 2.05) is 24.6 Å². The third-order valence-electron chi connectivity index (χ3n) is 7.58. The molecule has 0 spiro atoms. The molecule has 3 atom stereocenters. The number of amides is 3. The zero-order valence-electron chi connectivity index (χ0n) is 23.5. The van der Waals surface area contributed by atoms with Crippen LogP contribution in [-0.2, 0) is 20.9 Å². The van der Waals surface area contributed by atoms with E-state index in [1.54, 1.807) is 32.1 Å². The molecular formula is C29H39FN4O4S. The van der Waals surface area contributed by atoms with Gasteiger partial charge in [0.05, 0.1) is 22.2 Å². The topological polar surface area (TPSA) is 112 Å². The first-order valence-electron chi connectivity index (χ1n) is 13.5. The highest BCUT2D eigenvalue weighted by atomic mass is 32.1. The fourth-order valence-corrected chi connectivity index (χ4v) is 5.83. The summed E-state index contributed by atoms with van der Waals surface area (Å²) in [6.45, 7) is 11.8. The van der Waals surface area contributed by atoms with E-state index in [9.17, 15) is 23.9 Å². The molecule has 1 saturated heterocycles. The summed E-state index contributed by atoms with van der Waals surface area (Å²) in [4.78, 5) is 46.2. The Bertz CT molecular complexity index is 1250. The quantitative estimate of drug-likeness (QED) is 0.456. The average Bonchev–Trinajstić information content (AvgIpc) is 3.28. The van der Waals surface area contributed by atoms with Gasteiger partial charge in [-0.25, -0.2) is 9.37 Å². The van der Waals surface area contributed by atoms with E-state index in [2.05, 4.69) is 35.5 Å². The van der Waals surface area contributed by atoms with Crippen LogP contribution in [-0.4, -0.2) is 63.1 Å². The molecule has 2 heterocycles. The van der Waals surface area contributed by atoms with Crippen molar-refractivity contribution in [2.24, 2.45) is 5.41 Å². The normalized spacial score (nSPS) is 21.1. The smallest absolute Gasteiger partial charge is 0.258 e. The van der Waals surface area contributed by atoms with E-state index in [0.717, 1.165) is 27.3 Å². The molecular weight excluding hydrogens is 519 g/mol. The van der Waals surface area contributed by atoms with Crippen LogP contribution >= 0.6 is 11.3 Å². The molecule has 1 saturated carbocycles. The number of alkyl halides is 1. The van der Waals surface area contributed by atoms with Gasteiger partial charge >= 0.3 is 0 Å². The number of nitrogens with one attached hydrogen (secondary N) is 2. The number of halogens is 1. The Balaban J connectivity index is 1.49. The highest BCUT2D eigenvalue weighted by molar-refractivity contribution is 7.13. The molecule has 0 unspecified atom stereocenters. The molecule has 8 nitrogen and oxygen atoms in total. The number of β-amino-alcohol motifs (C(OH)–C–C–N with tert-alkyl or cyclic N) is 1. The number of rotatable bonds is 8. The minimum atomic E-state index is -1.92. The molecule has 1 aliphatic heterocycles. The second-order valence-corrected chi connectivity index (χ2v) is 13.0. The summed E-state index contributed by atoms with van der Waals surface area (Å²) in [5, 5.41) is 15.9. The molecule has 4 rings (SSSR count). The van der Waals surface area contributed by atoms with Crippen molar-refractivity contribution in [1.82, 2.24) is 20.5 Å². The first-order valence-corrected chi connectivity index (χ1v) is 14.4. The van der Waals surface area contributed by atoms with Crippen LogP contribution in [0.1, 0.15) is 76.6 Å². The number of carbonyl (C=O) groups excluding carboxylic acids is 3. The number of aryl methyl sites for hydroxylation is 1. The van der Waals surface area contributed by atoms with Gasteiger partial charge in [-0.1, -0.05) is 46.8 Å². The lowest BCUT2D eigenvalue weighted by Crippen LogP contribution is -2.59. The predicted molar refractivity (Wildman–Crippen MR) is 149 cm³/mol. The van der Waals surface area contributed by atoms with Gasteiger partial charge in [-0.15, -0.1) is 11.3 Å². The Kier molecular flexibility index (Phi) is 8.19. The van der Waals surface area contributed by atoms with Crippen LogP contribution in [0, 0.1) is 12.3 Å². The molecule has 2 aromatic rings. The van der Waals surface area contributed by atoms with Crippen molar-refractivity contribution < 1.29 is 23.9 Å². The minimum Gasteiger partial charge on any atom is -0.391 e. The molecule has 0 bridgehead atoms. The number of thiazole rings is 1. The number of aliphatic hydroxyl groups excluding tert-OH is 1. The Morgan fingerprint density at radius 1 is 1.26 bits per heavy atom. The summed E-state index contributed by atoms with van der Waals surface area (Å²) < 4.78 is 14.4. The lowest BCUT2D eigenvalue weighted by Gasteiger charge is -2.35. The van der Waals surface area contributed by atoms with Crippen LogP contribution in [0.2, 0.25) is 0 Å². The first-order chi connectivity index (χ1) is 18.2. The maximum Gasteiger partial charge on any atom is 0.258 e. The molecule has 1 aromatic carbocycles. The van der Waals surface area contributed by atoms with Crippen LogP contribution in [0.5, 0.6) is 0 Å². The number of nitrogens with zero attached hydrogens (tertiary/aromatic N) is 2. The van der Waals surface area contributed by atoms with E-state index < -0.39 is 41.1 Å². The van der Waals surface area contributed by atoms with Gasteiger partial charge in [-0.3, -0.25) is 14.4 Å². The lowest BCUT2D eigenvalue weighted by molar-refractivity contribution is -0.145. The molecule has 2 fully saturated rings. The second-order valence-electron chi connectivity index (χ2n) is 12.2. The standard InChI is InChI=1S/C29H39FN4O4S/c1-16(2)21-11-18(23-17(3)32-15-39-23)7-8-19(21)13-31-25(36)22-12-20(35)14-34(22)26(37)24(28(4,5)6)33-27(38)29(30)9-10-29/h7-8,11,15-16,20,22,24,35H,9-10,12-14H2,1-6H3,(H,31,36)(H,33,38)/t20-,22+,24-/m1/s1. The average molecular weight is 559 g/mol. The van der Waals surface area contributed by atoms with Crippen LogP contribution < -0.4 is 10.6 Å². The summed E-state index contributed by atoms with van der Waals surface area (Å²) >= 11 is 1.59. The van der Waals surface area contributed by atoms with E-state index in [0.29, 0.717) is 0 Å². The van der Waals surface area contributed by atoms with Crippen molar-refractivity contribution in [3.8, 4) is 10.4 Å². The van der Waals surface area contributed by atoms with Gasteiger partial charge in [0, 0.05) is 19.5 Å². The fourth-order valence-electron chi connectivity index (χ4n) is 5.03. The van der Waals surface area contributed by atoms with Crippen molar-refractivity contribution >= 4 is 29.1 Å². The molecule has 3 N–H and O–H groups in total. The molecule has 10 heteroatoms. The number of aliphatic hydroxyl groups is 1. The molecule has 1 aliphatic carbocycles. The Morgan fingerprint density at radius 3 is 2.51 bits per heavy atom. The zero-order valence-corrected chi connectivity index (χ0v) is 24.3. The third-order valence-corrected chi connectivity index (χ3v) is 8.56. The highest BCUT2D eigenvalue weighted by Crippen LogP contribution is 2.40. The monoisotopic (exact) mass is 558 g/mol. The lowest BCUT2D eigenvalue weighted by atomic mass is 9.85. The van der Waals surface area contributed by atoms with Crippen LogP contribution in [0.4, 0.5) is 4.39 Å². The Hall–Kier alpha value is -2.85. The molecule has 3 amide bonds. The largest absolute Gasteiger partial charge is 0.391 e. The minimum absolute atomic E-state index is 0.0275. The van der Waals surface area contributed by atoms with Crippen LogP contribution in [0.15, 0.2) is 23.7 Å². The maximum absolute atomic E-state index is 14.4. The van der Waals surface area contributed by atoms with Gasteiger partial charge in [-0.05, 0) is 53.9 Å². The van der Waals surface area contributed by atoms with Gasteiger partial charge in [0.25, 0.3) is 5.91 Å². The Morgan fingerprint density at radius 2 is 1.95 bits per heavy atom. The van der Waals surface area contributed by atoms with Crippen molar-refractivity contribution in [1.29, 1.82) is 0 Å². The zero-order chi connectivity index (χ0) is 28.7. The van der Waals surface area contributed by atoms with Crippen LogP contribution in [0.25, 0.3) is 10.4 Å². The predicted octanol–water partition coefficient (Wildman–Crippen LogP) is 3.85. The van der Waals surface area contributed by atoms with Gasteiger partial charge < -0.3 is 20.6 Å². The SMILES string of the molecule is Cc1ncsc1-c1ccc(CNC(=O)[C@@H]2C[C@@H](O)CN2C(=O)[C@@H](NC(=O)C2(F)CC2)C(C)(C)C)c(C(C)C)c1. The summed E-state index contributed by atoms with van der Waals surface area (Å²) in [6.07, 6.45) is -0.498. The van der Waals surface area contributed by atoms with Crippen LogP contribution in [0.3, 0.4) is 0 Å². The van der Waals surface area contributed by atoms with Crippen molar-refractivity contribution in [2.75, 3.05) is 6.54 Å². The molecule has 2 aliphatic rings. The number of carbonyl (C=O) groups is 3. The van der Waals surface area contributed by atoms with Gasteiger partial charge in [0.1, 0.15) is 12.1 Å². The van der Waals surface area contributed by atoms with Crippen molar-refractivity contribution in [2.45, 2.75) is 97.1 Å². The van der Waals surface area contributed by atoms with Gasteiger partial charge in [0.2, 0.25) is 11.8 Å². The van der Waals surface area contributed by atoms with Crippen molar-refractivity contribution in [3.63, 3.8) is 0 Å². The third kappa shape index (κ3) is 6.32. The van der Waals surface area contributed by atoms with Gasteiger partial charge in [-0.2, -0.15) is 0 Å². The number of aromatic nitrogens is 1. The number of likely N-dealkylation sites (tertiary alicyclic amines) is 1. The molecule has 0 radical (unpaired) electrons. The summed E-state index contributed by atoms with van der Waals surface area (Å²) in [5.74, 6) is -1.45. The van der Waals surface area contributed by atoms with Gasteiger partial charge in [0.15, 0.2) is 5.67 Å².